The lowest BCUT2D eigenvalue weighted by Gasteiger charge is -2.34. The number of hydrogen-bond acceptors (Lipinski definition) is 9. The molecule has 1 saturated heterocycles. The van der Waals surface area contributed by atoms with Gasteiger partial charge in [0.05, 0.1) is 25.3 Å². The van der Waals surface area contributed by atoms with E-state index in [2.05, 4.69) is 0 Å². The van der Waals surface area contributed by atoms with Crippen LogP contribution in [0.4, 0.5) is 0 Å². The topological polar surface area (TPSA) is 160 Å². The highest BCUT2D eigenvalue weighted by Crippen LogP contribution is 2.42. The number of aliphatic hydroxyl groups is 3. The van der Waals surface area contributed by atoms with Crippen LogP contribution in [0.15, 0.2) is 40.8 Å². The van der Waals surface area contributed by atoms with Gasteiger partial charge in [0.25, 0.3) is 0 Å². The molecule has 0 spiro atoms. The van der Waals surface area contributed by atoms with E-state index in [4.69, 9.17) is 18.6 Å². The zero-order valence-corrected chi connectivity index (χ0v) is 16.3. The van der Waals surface area contributed by atoms with Crippen molar-refractivity contribution in [2.24, 2.45) is 0 Å². The molecule has 10 heteroatoms. The Morgan fingerprint density at radius 2 is 1.71 bits per heavy atom. The summed E-state index contributed by atoms with van der Waals surface area (Å²) >= 11 is 0. The molecule has 1 aliphatic heterocycles. The molecule has 0 amide bonds. The summed E-state index contributed by atoms with van der Waals surface area (Å²) in [4.78, 5) is 0. The van der Waals surface area contributed by atoms with E-state index >= 15 is 0 Å². The number of benzene rings is 2. The van der Waals surface area contributed by atoms with Crippen molar-refractivity contribution in [2.75, 3.05) is 13.7 Å². The Kier molecular flexibility index (Phi) is 5.46. The smallest absolute Gasteiger partial charge is 0.402 e. The lowest BCUT2D eigenvalue weighted by atomic mass is 10.1. The molecule has 0 unspecified atom stereocenters. The molecule has 0 radical (unpaired) electrons. The van der Waals surface area contributed by atoms with E-state index < -0.39 is 24.6 Å². The van der Waals surface area contributed by atoms with Gasteiger partial charge in [0.2, 0.25) is 12.0 Å². The number of phenols is 3. The number of rotatable bonds is 4. The average Bonchev–Trinajstić information content (AvgIpc) is 2.74. The highest BCUT2D eigenvalue weighted by molar-refractivity contribution is 5.88. The van der Waals surface area contributed by atoms with Crippen LogP contribution in [0.2, 0.25) is 0 Å². The van der Waals surface area contributed by atoms with Crippen LogP contribution in [-0.2, 0) is 4.74 Å². The first-order valence-corrected chi connectivity index (χ1v) is 9.31. The molecule has 0 aliphatic carbocycles. The molecule has 1 fully saturated rings. The standard InChI is InChI=1S/C21H20O10/c1-28-16-4-9(2-3-12(16)23)20-17(31-21-19(27)18(26)14(25)8-29-21)7-11-13(24)5-10(22)6-15(11)30-20/h2-7,14,18-19,21,25-27H,8H2,1H3,(H2-,22,23,24)/p+1/t14-,18-,19+,21-/m0/s1. The second-order valence-corrected chi connectivity index (χ2v) is 7.07. The van der Waals surface area contributed by atoms with Crippen LogP contribution in [0.25, 0.3) is 22.3 Å². The number of aliphatic hydroxyl groups excluding tert-OH is 3. The van der Waals surface area contributed by atoms with Gasteiger partial charge < -0.3 is 44.8 Å². The predicted octanol–water partition coefficient (Wildman–Crippen LogP) is 1.32. The lowest BCUT2D eigenvalue weighted by Crippen LogP contribution is -2.54. The number of aromatic hydroxyl groups is 3. The SMILES string of the molecule is COc1cc(-c2[o+]c3cc(O)cc(O)c3cc2O[C@@H]2OC[C@H](O)[C@H](O)[C@H]2O)ccc1O. The van der Waals surface area contributed by atoms with E-state index in [1.54, 1.807) is 0 Å². The Labute approximate surface area is 175 Å². The fraction of sp³-hybridized carbons (Fsp3) is 0.286. The summed E-state index contributed by atoms with van der Waals surface area (Å²) in [5.74, 6) is -0.321. The first-order chi connectivity index (χ1) is 14.8. The van der Waals surface area contributed by atoms with Gasteiger partial charge in [-0.05, 0) is 12.1 Å². The van der Waals surface area contributed by atoms with Crippen LogP contribution in [0, 0.1) is 0 Å². The van der Waals surface area contributed by atoms with Gasteiger partial charge in [-0.15, -0.1) is 0 Å². The monoisotopic (exact) mass is 433 g/mol. The molecule has 4 rings (SSSR count). The van der Waals surface area contributed by atoms with Crippen molar-refractivity contribution in [1.82, 2.24) is 0 Å². The van der Waals surface area contributed by atoms with Crippen LogP contribution in [0.3, 0.4) is 0 Å². The molecule has 6 N–H and O–H groups in total. The van der Waals surface area contributed by atoms with E-state index in [1.165, 1.54) is 37.4 Å². The minimum Gasteiger partial charge on any atom is -0.507 e. The summed E-state index contributed by atoms with van der Waals surface area (Å²) in [7, 11) is 1.38. The Hall–Kier alpha value is -3.31. The van der Waals surface area contributed by atoms with E-state index in [0.29, 0.717) is 5.56 Å². The van der Waals surface area contributed by atoms with Gasteiger partial charge in [0.15, 0.2) is 11.5 Å². The molecule has 0 saturated carbocycles. The molecular weight excluding hydrogens is 412 g/mol. The molecule has 31 heavy (non-hydrogen) atoms. The van der Waals surface area contributed by atoms with Crippen LogP contribution >= 0.6 is 0 Å². The normalized spacial score (nSPS) is 23.6. The van der Waals surface area contributed by atoms with Crippen molar-refractivity contribution in [3.63, 3.8) is 0 Å². The molecule has 2 aromatic carbocycles. The number of ether oxygens (including phenoxy) is 3. The minimum absolute atomic E-state index is 0.0221. The van der Waals surface area contributed by atoms with Crippen LogP contribution < -0.4 is 9.47 Å². The van der Waals surface area contributed by atoms with Gasteiger partial charge in [-0.2, -0.15) is 0 Å². The molecule has 164 valence electrons. The second kappa shape index (κ2) is 8.08. The van der Waals surface area contributed by atoms with E-state index in [0.717, 1.165) is 6.07 Å². The number of methoxy groups -OCH3 is 1. The fourth-order valence-corrected chi connectivity index (χ4v) is 3.30. The molecular formula is C21H21O10+. The largest absolute Gasteiger partial charge is 0.507 e. The van der Waals surface area contributed by atoms with Crippen molar-refractivity contribution in [3.05, 3.63) is 36.4 Å². The summed E-state index contributed by atoms with van der Waals surface area (Å²) < 4.78 is 22.1. The maximum Gasteiger partial charge on any atom is 0.402 e. The van der Waals surface area contributed by atoms with Gasteiger partial charge in [0.1, 0.15) is 35.2 Å². The van der Waals surface area contributed by atoms with Gasteiger partial charge in [-0.25, -0.2) is 4.42 Å². The van der Waals surface area contributed by atoms with Crippen molar-refractivity contribution in [3.8, 4) is 40.1 Å². The highest BCUT2D eigenvalue weighted by atomic mass is 16.7. The molecule has 3 aromatic rings. The summed E-state index contributed by atoms with van der Waals surface area (Å²) in [5, 5.41) is 59.9. The summed E-state index contributed by atoms with van der Waals surface area (Å²) in [6, 6.07) is 8.21. The van der Waals surface area contributed by atoms with Crippen molar-refractivity contribution in [2.45, 2.75) is 24.6 Å². The Morgan fingerprint density at radius 3 is 2.45 bits per heavy atom. The second-order valence-electron chi connectivity index (χ2n) is 7.07. The first kappa shape index (κ1) is 20.9. The zero-order chi connectivity index (χ0) is 22.3. The van der Waals surface area contributed by atoms with Gasteiger partial charge in [-0.3, -0.25) is 0 Å². The molecule has 4 atom stereocenters. The fourth-order valence-electron chi connectivity index (χ4n) is 3.30. The molecule has 2 heterocycles. The van der Waals surface area contributed by atoms with Crippen molar-refractivity contribution < 1.29 is 49.3 Å². The van der Waals surface area contributed by atoms with Crippen molar-refractivity contribution in [1.29, 1.82) is 0 Å². The number of phenolic OH excluding ortho intramolecular Hbond substituents is 3. The van der Waals surface area contributed by atoms with E-state index in [1.807, 2.05) is 0 Å². The lowest BCUT2D eigenvalue weighted by molar-refractivity contribution is -0.242. The quantitative estimate of drug-likeness (QED) is 0.331. The molecule has 10 nitrogen and oxygen atoms in total. The number of fused-ring (bicyclic) bond motifs is 1. The van der Waals surface area contributed by atoms with Crippen LogP contribution in [-0.4, -0.2) is 69.0 Å². The molecule has 1 aromatic heterocycles. The minimum atomic E-state index is -1.56. The summed E-state index contributed by atoms with van der Waals surface area (Å²) in [6.45, 7) is -0.269. The first-order valence-electron chi connectivity index (χ1n) is 9.31. The third kappa shape index (κ3) is 3.89. The summed E-state index contributed by atoms with van der Waals surface area (Å²) in [6.07, 6.45) is -5.67. The predicted molar refractivity (Wildman–Crippen MR) is 106 cm³/mol. The summed E-state index contributed by atoms with van der Waals surface area (Å²) in [5.41, 5.74) is 0.535. The Morgan fingerprint density at radius 1 is 0.935 bits per heavy atom. The van der Waals surface area contributed by atoms with Crippen LogP contribution in [0.5, 0.6) is 28.7 Å². The highest BCUT2D eigenvalue weighted by Gasteiger charge is 2.40. The third-order valence-electron chi connectivity index (χ3n) is 4.96. The third-order valence-corrected chi connectivity index (χ3v) is 4.96. The maximum absolute atomic E-state index is 10.2. The number of hydrogen-bond donors (Lipinski definition) is 6. The molecule has 1 aliphatic rings. The van der Waals surface area contributed by atoms with Gasteiger partial charge in [0, 0.05) is 18.2 Å². The Balaban J connectivity index is 1.85. The van der Waals surface area contributed by atoms with Crippen LogP contribution in [0.1, 0.15) is 0 Å². The Bertz CT molecular complexity index is 1120. The van der Waals surface area contributed by atoms with Crippen molar-refractivity contribution >= 4 is 11.0 Å². The average molecular weight is 433 g/mol. The van der Waals surface area contributed by atoms with Gasteiger partial charge in [-0.1, -0.05) is 0 Å². The van der Waals surface area contributed by atoms with E-state index in [-0.39, 0.29) is 52.1 Å². The maximum atomic E-state index is 10.2. The zero-order valence-electron chi connectivity index (χ0n) is 16.3. The van der Waals surface area contributed by atoms with Gasteiger partial charge >= 0.3 is 11.3 Å². The van der Waals surface area contributed by atoms with E-state index in [9.17, 15) is 30.6 Å². The molecule has 0 bridgehead atoms.